The molecule has 0 saturated heterocycles. The molecule has 5 atom stereocenters. The summed E-state index contributed by atoms with van der Waals surface area (Å²) in [5.74, 6) is -1.28. The molecular weight excluding hydrogens is 649 g/mol. The lowest BCUT2D eigenvalue weighted by atomic mass is 10.0. The van der Waals surface area contributed by atoms with E-state index >= 15 is 0 Å². The van der Waals surface area contributed by atoms with Gasteiger partial charge in [-0.25, -0.2) is 15.2 Å². The number of ether oxygens (including phenoxy) is 4. The topological polar surface area (TPSA) is 231 Å². The average Bonchev–Trinajstić information content (AvgIpc) is 3.37. The largest absolute Gasteiger partial charge is 0.479 e. The van der Waals surface area contributed by atoms with Crippen molar-refractivity contribution in [2.75, 3.05) is 19.5 Å². The van der Waals surface area contributed by atoms with Crippen LogP contribution in [0.1, 0.15) is 75.2 Å². The van der Waals surface area contributed by atoms with Gasteiger partial charge in [0.15, 0.2) is 11.2 Å². The summed E-state index contributed by atoms with van der Waals surface area (Å²) in [7, 11) is -2.94. The smallest absolute Gasteiger partial charge is 0.342 e. The van der Waals surface area contributed by atoms with Crippen molar-refractivity contribution in [3.8, 4) is 5.88 Å². The highest BCUT2D eigenvalue weighted by atomic mass is 31.2. The molecular formula is C30H54N7O10P. The summed E-state index contributed by atoms with van der Waals surface area (Å²) in [6, 6.07) is -2.19. The molecule has 0 fully saturated rings. The Morgan fingerprint density at radius 2 is 1.44 bits per heavy atom. The average molecular weight is 704 g/mol. The number of nitrogen functional groups attached to an aromatic ring is 1. The van der Waals surface area contributed by atoms with Crippen molar-refractivity contribution in [2.24, 2.45) is 11.8 Å². The van der Waals surface area contributed by atoms with E-state index in [4.69, 9.17) is 29.2 Å². The van der Waals surface area contributed by atoms with Gasteiger partial charge in [-0.2, -0.15) is 9.97 Å². The van der Waals surface area contributed by atoms with Crippen LogP contribution in [0.15, 0.2) is 6.33 Å². The number of nitrogens with two attached hydrogens (primary N) is 1. The molecule has 2 heterocycles. The van der Waals surface area contributed by atoms with E-state index in [2.05, 4.69) is 25.1 Å². The molecule has 2 rings (SSSR count). The molecule has 0 aliphatic carbocycles. The molecule has 0 amide bonds. The van der Waals surface area contributed by atoms with Crippen LogP contribution in [0.3, 0.4) is 0 Å². The molecule has 3 unspecified atom stereocenters. The fourth-order valence-corrected chi connectivity index (χ4v) is 6.40. The molecule has 0 spiro atoms. The zero-order valence-corrected chi connectivity index (χ0v) is 30.5. The Kier molecular flexibility index (Phi) is 16.1. The van der Waals surface area contributed by atoms with E-state index in [1.54, 1.807) is 27.7 Å². The van der Waals surface area contributed by atoms with Crippen molar-refractivity contribution in [1.82, 2.24) is 29.7 Å². The number of imidazole rings is 1. The van der Waals surface area contributed by atoms with Crippen molar-refractivity contribution >= 4 is 36.7 Å². The normalized spacial score (nSPS) is 16.6. The number of anilines is 1. The number of esters is 2. The van der Waals surface area contributed by atoms with Crippen molar-refractivity contribution in [2.45, 2.75) is 124 Å². The SMILES string of the molecule is COc1nc(N)nc2c1ncn2CO[C@H](COP(=O)(NC(CC(C)C)C(=O)OC(C)C)NC(CC(C)C)C(=O)OC(C)C)[C@H](O)C(C)O. The highest BCUT2D eigenvalue weighted by molar-refractivity contribution is 7.54. The number of rotatable bonds is 21. The van der Waals surface area contributed by atoms with Gasteiger partial charge in [-0.3, -0.25) is 18.7 Å². The third-order valence-corrected chi connectivity index (χ3v) is 8.52. The van der Waals surface area contributed by atoms with Crippen molar-refractivity contribution in [1.29, 1.82) is 0 Å². The Balaban J connectivity index is 2.46. The molecule has 2 aromatic rings. The van der Waals surface area contributed by atoms with Gasteiger partial charge in [0.2, 0.25) is 11.8 Å². The Morgan fingerprint density at radius 1 is 0.917 bits per heavy atom. The van der Waals surface area contributed by atoms with Crippen LogP contribution in [0, 0.1) is 11.8 Å². The van der Waals surface area contributed by atoms with E-state index in [1.807, 2.05) is 27.7 Å². The van der Waals surface area contributed by atoms with E-state index < -0.39 is 68.8 Å². The summed E-state index contributed by atoms with van der Waals surface area (Å²) in [6.07, 6.45) is -3.13. The summed E-state index contributed by atoms with van der Waals surface area (Å²) < 4.78 is 44.1. The number of aliphatic hydroxyl groups excluding tert-OH is 2. The molecule has 48 heavy (non-hydrogen) atoms. The first-order valence-corrected chi connectivity index (χ1v) is 17.7. The first-order chi connectivity index (χ1) is 22.3. The molecule has 17 nitrogen and oxygen atoms in total. The summed E-state index contributed by atoms with van der Waals surface area (Å²) >= 11 is 0. The van der Waals surface area contributed by atoms with Gasteiger partial charge in [0.25, 0.3) is 0 Å². The van der Waals surface area contributed by atoms with Crippen molar-refractivity contribution in [3.05, 3.63) is 6.33 Å². The third kappa shape index (κ3) is 12.8. The number of fused-ring (bicyclic) bond motifs is 1. The molecule has 18 heteroatoms. The first-order valence-electron chi connectivity index (χ1n) is 16.1. The monoisotopic (exact) mass is 703 g/mol. The second-order valence-electron chi connectivity index (χ2n) is 13.0. The van der Waals surface area contributed by atoms with Gasteiger partial charge < -0.3 is 39.4 Å². The lowest BCUT2D eigenvalue weighted by Gasteiger charge is -2.32. The number of carbonyl (C=O) groups is 2. The molecule has 0 aliphatic rings. The maximum atomic E-state index is 14.7. The number of aliphatic hydroxyl groups is 2. The minimum atomic E-state index is -4.35. The minimum absolute atomic E-state index is 0.0253. The predicted octanol–water partition coefficient (Wildman–Crippen LogP) is 2.54. The van der Waals surface area contributed by atoms with Crippen LogP contribution in [0.5, 0.6) is 5.88 Å². The van der Waals surface area contributed by atoms with Crippen LogP contribution < -0.4 is 20.6 Å². The molecule has 0 bridgehead atoms. The van der Waals surface area contributed by atoms with Crippen LogP contribution in [-0.2, 0) is 39.6 Å². The maximum absolute atomic E-state index is 14.7. The van der Waals surface area contributed by atoms with Crippen molar-refractivity contribution in [3.63, 3.8) is 0 Å². The predicted molar refractivity (Wildman–Crippen MR) is 178 cm³/mol. The molecule has 0 aliphatic heterocycles. The second-order valence-corrected chi connectivity index (χ2v) is 14.9. The lowest BCUT2D eigenvalue weighted by molar-refractivity contribution is -0.150. The number of hydrogen-bond donors (Lipinski definition) is 5. The van der Waals surface area contributed by atoms with Gasteiger partial charge >= 0.3 is 19.6 Å². The van der Waals surface area contributed by atoms with Crippen LogP contribution in [-0.4, -0.2) is 98.0 Å². The van der Waals surface area contributed by atoms with Gasteiger partial charge in [-0.15, -0.1) is 0 Å². The zero-order valence-electron chi connectivity index (χ0n) is 29.6. The Bertz CT molecular complexity index is 1330. The van der Waals surface area contributed by atoms with E-state index in [1.165, 1.54) is 24.9 Å². The standard InChI is InChI=1S/C30H54N7O10P/c1-16(2)11-21(28(40)46-18(5)6)35-48(42,36-22(12-17(3)4)29(41)47-19(7)8)45-13-23(25(39)20(9)38)44-15-37-14-32-24-26(37)33-30(31)34-27(24)43-10/h14,16-23,25,38-39H,11-13,15H2,1-10H3,(H2,31,33,34)(H2,35,36,42)/t20?,21?,22?,23-,25-,48?/m1/s1. The van der Waals surface area contributed by atoms with Gasteiger partial charge in [-0.05, 0) is 59.3 Å². The Labute approximate surface area is 282 Å². The molecule has 2 aromatic heterocycles. The van der Waals surface area contributed by atoms with Gasteiger partial charge in [0.05, 0.1) is 38.4 Å². The number of nitrogens with one attached hydrogen (secondary N) is 2. The Morgan fingerprint density at radius 3 is 1.88 bits per heavy atom. The van der Waals surface area contributed by atoms with Gasteiger partial charge in [0, 0.05) is 0 Å². The lowest BCUT2D eigenvalue weighted by Crippen LogP contribution is -2.47. The van der Waals surface area contributed by atoms with Gasteiger partial charge in [-0.1, -0.05) is 27.7 Å². The molecule has 0 aromatic carbocycles. The number of hydrogen-bond acceptors (Lipinski definition) is 14. The quantitative estimate of drug-likeness (QED) is 0.0929. The number of carbonyl (C=O) groups excluding carboxylic acids is 2. The van der Waals surface area contributed by atoms with E-state index in [9.17, 15) is 24.4 Å². The highest BCUT2D eigenvalue weighted by Gasteiger charge is 2.39. The molecule has 6 N–H and O–H groups in total. The number of nitrogens with zero attached hydrogens (tertiary/aromatic N) is 4. The van der Waals surface area contributed by atoms with Crippen LogP contribution in [0.4, 0.5) is 5.95 Å². The van der Waals surface area contributed by atoms with Gasteiger partial charge in [0.1, 0.15) is 31.0 Å². The van der Waals surface area contributed by atoms with Crippen molar-refractivity contribution < 1.29 is 47.8 Å². The molecule has 274 valence electrons. The van der Waals surface area contributed by atoms with Crippen LogP contribution >= 0.6 is 7.67 Å². The minimum Gasteiger partial charge on any atom is -0.479 e. The summed E-state index contributed by atoms with van der Waals surface area (Å²) in [5.41, 5.74) is 6.40. The first kappa shape index (κ1) is 41.3. The molecule has 0 radical (unpaired) electrons. The number of aromatic nitrogens is 4. The highest BCUT2D eigenvalue weighted by Crippen LogP contribution is 2.41. The maximum Gasteiger partial charge on any atom is 0.342 e. The second kappa shape index (κ2) is 18.7. The third-order valence-electron chi connectivity index (χ3n) is 6.70. The summed E-state index contributed by atoms with van der Waals surface area (Å²) in [5, 5.41) is 26.8. The Hall–Kier alpha value is -2.92. The zero-order chi connectivity index (χ0) is 36.3. The van der Waals surface area contributed by atoms with E-state index in [0.717, 1.165) is 0 Å². The summed E-state index contributed by atoms with van der Waals surface area (Å²) in [4.78, 5) is 38.7. The fourth-order valence-electron chi connectivity index (χ4n) is 4.58. The molecule has 0 saturated carbocycles. The fraction of sp³-hybridized carbons (Fsp3) is 0.767. The van der Waals surface area contributed by atoms with E-state index in [0.29, 0.717) is 5.52 Å². The number of methoxy groups -OCH3 is 1. The summed E-state index contributed by atoms with van der Waals surface area (Å²) in [6.45, 7) is 14.8. The van der Waals surface area contributed by atoms with E-state index in [-0.39, 0.29) is 48.9 Å². The van der Waals surface area contributed by atoms with Crippen LogP contribution in [0.25, 0.3) is 11.2 Å². The van der Waals surface area contributed by atoms with Crippen LogP contribution in [0.2, 0.25) is 0 Å².